The van der Waals surface area contributed by atoms with Gasteiger partial charge in [-0.3, -0.25) is 0 Å². The zero-order chi connectivity index (χ0) is 15.7. The lowest BCUT2D eigenvalue weighted by Gasteiger charge is -2.08. The van der Waals surface area contributed by atoms with Crippen LogP contribution in [0.5, 0.6) is 0 Å². The molecule has 0 amide bonds. The van der Waals surface area contributed by atoms with Crippen LogP contribution in [0.1, 0.15) is 5.56 Å². The van der Waals surface area contributed by atoms with Crippen molar-refractivity contribution in [2.75, 3.05) is 5.32 Å². The molecule has 0 atom stereocenters. The van der Waals surface area contributed by atoms with E-state index in [-0.39, 0.29) is 0 Å². The average molecular weight is 340 g/mol. The second-order valence-corrected chi connectivity index (χ2v) is 5.15. The molecule has 0 saturated heterocycles. The van der Waals surface area contributed by atoms with Crippen LogP contribution >= 0.6 is 35.4 Å². The molecule has 2 aromatic rings. The molecule has 110 valence electrons. The van der Waals surface area contributed by atoms with Gasteiger partial charge >= 0.3 is 0 Å². The van der Waals surface area contributed by atoms with E-state index in [0.29, 0.717) is 21.0 Å². The normalized spacial score (nSPS) is 9.10. The molecule has 1 heterocycles. The van der Waals surface area contributed by atoms with Crippen molar-refractivity contribution in [1.82, 2.24) is 10.3 Å². The Kier molecular flexibility index (Phi) is 7.75. The van der Waals surface area contributed by atoms with Crippen LogP contribution in [0.4, 0.5) is 5.69 Å². The van der Waals surface area contributed by atoms with Crippen molar-refractivity contribution in [3.8, 4) is 0 Å². The molecule has 2 rings (SSSR count). The summed E-state index contributed by atoms with van der Waals surface area (Å²) in [4.78, 5) is 3.86. The number of nitrogens with one attached hydrogen (secondary N) is 2. The first kappa shape index (κ1) is 17.4. The van der Waals surface area contributed by atoms with Gasteiger partial charge in [0, 0.05) is 0 Å². The number of benzene rings is 1. The standard InChI is InChI=1S/C8H7Cl2N3S.C7H8/c1-2-11-8(14)13-6-4-12-7(10)3-5(6)9;1-7-5-3-2-4-6-7/h2-4H,1H2,(H2,11,13,14);2-6H,1H3. The Morgan fingerprint density at radius 1 is 1.29 bits per heavy atom. The van der Waals surface area contributed by atoms with Crippen LogP contribution in [0.2, 0.25) is 10.2 Å². The Balaban J connectivity index is 0.000000262. The Labute approximate surface area is 140 Å². The van der Waals surface area contributed by atoms with E-state index in [1.165, 1.54) is 24.0 Å². The maximum absolute atomic E-state index is 5.87. The molecule has 1 aromatic carbocycles. The lowest BCUT2D eigenvalue weighted by atomic mass is 10.2. The highest BCUT2D eigenvalue weighted by molar-refractivity contribution is 7.80. The number of aromatic nitrogens is 1. The molecule has 1 aromatic heterocycles. The van der Waals surface area contributed by atoms with E-state index in [9.17, 15) is 0 Å². The number of hydrogen-bond donors (Lipinski definition) is 2. The lowest BCUT2D eigenvalue weighted by molar-refractivity contribution is 1.28. The fraction of sp³-hybridized carbons (Fsp3) is 0.0667. The average Bonchev–Trinajstić information content (AvgIpc) is 2.44. The first-order valence-corrected chi connectivity index (χ1v) is 7.20. The van der Waals surface area contributed by atoms with Crippen LogP contribution < -0.4 is 10.6 Å². The smallest absolute Gasteiger partial charge is 0.174 e. The molecule has 0 spiro atoms. The number of thiocarbonyl (C=S) groups is 1. The minimum atomic E-state index is 0.336. The first-order valence-electron chi connectivity index (χ1n) is 6.04. The summed E-state index contributed by atoms with van der Waals surface area (Å²) >= 11 is 16.4. The minimum absolute atomic E-state index is 0.336. The van der Waals surface area contributed by atoms with Crippen LogP contribution in [-0.4, -0.2) is 10.1 Å². The van der Waals surface area contributed by atoms with E-state index in [1.807, 2.05) is 18.2 Å². The SMILES string of the molecule is C=CNC(=S)Nc1cnc(Cl)cc1Cl.Cc1ccccc1. The maximum Gasteiger partial charge on any atom is 0.174 e. The maximum atomic E-state index is 5.87. The number of aryl methyl sites for hydroxylation is 1. The summed E-state index contributed by atoms with van der Waals surface area (Å²) in [6.45, 7) is 5.55. The largest absolute Gasteiger partial charge is 0.340 e. The van der Waals surface area contributed by atoms with Gasteiger partial charge in [-0.25, -0.2) is 4.98 Å². The Hall–Kier alpha value is -1.62. The van der Waals surface area contributed by atoms with E-state index >= 15 is 0 Å². The summed E-state index contributed by atoms with van der Waals surface area (Å²) in [5, 5.41) is 6.72. The second-order valence-electron chi connectivity index (χ2n) is 3.94. The number of nitrogens with zero attached hydrogens (tertiary/aromatic N) is 1. The number of pyridine rings is 1. The van der Waals surface area contributed by atoms with Crippen molar-refractivity contribution >= 4 is 46.2 Å². The topological polar surface area (TPSA) is 37.0 Å². The molecule has 2 N–H and O–H groups in total. The van der Waals surface area contributed by atoms with Crippen molar-refractivity contribution in [3.05, 3.63) is 71.1 Å². The zero-order valence-corrected chi connectivity index (χ0v) is 13.8. The third-order valence-electron chi connectivity index (χ3n) is 2.24. The number of anilines is 1. The lowest BCUT2D eigenvalue weighted by Crippen LogP contribution is -2.23. The van der Waals surface area contributed by atoms with E-state index < -0.39 is 0 Å². The summed E-state index contributed by atoms with van der Waals surface area (Å²) in [7, 11) is 0. The van der Waals surface area contributed by atoms with Gasteiger partial charge in [0.2, 0.25) is 0 Å². The predicted molar refractivity (Wildman–Crippen MR) is 95.0 cm³/mol. The number of hydrogen-bond acceptors (Lipinski definition) is 2. The molecule has 0 aliphatic heterocycles. The van der Waals surface area contributed by atoms with Gasteiger partial charge in [-0.1, -0.05) is 65.7 Å². The number of rotatable bonds is 2. The quantitative estimate of drug-likeness (QED) is 0.607. The highest BCUT2D eigenvalue weighted by Crippen LogP contribution is 2.22. The summed E-state index contributed by atoms with van der Waals surface area (Å²) < 4.78 is 0. The van der Waals surface area contributed by atoms with Crippen LogP contribution in [0.25, 0.3) is 0 Å². The van der Waals surface area contributed by atoms with Crippen molar-refractivity contribution in [2.45, 2.75) is 6.92 Å². The van der Waals surface area contributed by atoms with Crippen LogP contribution in [0, 0.1) is 6.92 Å². The van der Waals surface area contributed by atoms with Crippen molar-refractivity contribution < 1.29 is 0 Å². The molecule has 0 unspecified atom stereocenters. The summed E-state index contributed by atoms with van der Waals surface area (Å²) in [5.41, 5.74) is 1.91. The molecule has 0 aliphatic rings. The van der Waals surface area contributed by atoms with Gasteiger partial charge in [0.25, 0.3) is 0 Å². The highest BCUT2D eigenvalue weighted by atomic mass is 35.5. The Morgan fingerprint density at radius 2 is 1.95 bits per heavy atom. The fourth-order valence-corrected chi connectivity index (χ4v) is 1.89. The monoisotopic (exact) mass is 339 g/mol. The first-order chi connectivity index (χ1) is 10.0. The van der Waals surface area contributed by atoms with Crippen molar-refractivity contribution in [2.24, 2.45) is 0 Å². The zero-order valence-electron chi connectivity index (χ0n) is 11.4. The third kappa shape index (κ3) is 7.09. The van der Waals surface area contributed by atoms with E-state index in [0.717, 1.165) is 0 Å². The van der Waals surface area contributed by atoms with Gasteiger partial charge in [-0.15, -0.1) is 0 Å². The van der Waals surface area contributed by atoms with Gasteiger partial charge in [0.15, 0.2) is 5.11 Å². The molecule has 0 fully saturated rings. The minimum Gasteiger partial charge on any atom is -0.340 e. The Morgan fingerprint density at radius 3 is 2.43 bits per heavy atom. The van der Waals surface area contributed by atoms with Crippen molar-refractivity contribution in [1.29, 1.82) is 0 Å². The van der Waals surface area contributed by atoms with E-state index in [2.05, 4.69) is 41.3 Å². The fourth-order valence-electron chi connectivity index (χ4n) is 1.28. The number of halogens is 2. The van der Waals surface area contributed by atoms with Gasteiger partial charge in [0.1, 0.15) is 5.15 Å². The summed E-state index contributed by atoms with van der Waals surface area (Å²) in [5.74, 6) is 0. The van der Waals surface area contributed by atoms with Crippen molar-refractivity contribution in [3.63, 3.8) is 0 Å². The molecular weight excluding hydrogens is 325 g/mol. The molecule has 0 aliphatic carbocycles. The summed E-state index contributed by atoms with van der Waals surface area (Å²) in [6, 6.07) is 11.8. The molecule has 3 nitrogen and oxygen atoms in total. The predicted octanol–water partition coefficient (Wildman–Crippen LogP) is 4.81. The molecule has 0 radical (unpaired) electrons. The second kappa shape index (κ2) is 9.34. The molecular formula is C15H15Cl2N3S. The molecule has 0 bridgehead atoms. The van der Waals surface area contributed by atoms with Crippen LogP contribution in [0.3, 0.4) is 0 Å². The molecule has 0 saturated carbocycles. The van der Waals surface area contributed by atoms with Gasteiger partial charge in [-0.05, 0) is 31.4 Å². The van der Waals surface area contributed by atoms with Gasteiger partial charge in [0.05, 0.1) is 16.9 Å². The summed E-state index contributed by atoms with van der Waals surface area (Å²) in [6.07, 6.45) is 2.97. The van der Waals surface area contributed by atoms with Gasteiger partial charge in [-0.2, -0.15) is 0 Å². The van der Waals surface area contributed by atoms with Crippen LogP contribution in [0.15, 0.2) is 55.4 Å². The van der Waals surface area contributed by atoms with Crippen LogP contribution in [-0.2, 0) is 0 Å². The van der Waals surface area contributed by atoms with E-state index in [4.69, 9.17) is 35.4 Å². The third-order valence-corrected chi connectivity index (χ3v) is 2.98. The molecule has 21 heavy (non-hydrogen) atoms. The van der Waals surface area contributed by atoms with E-state index in [1.54, 1.807) is 0 Å². The highest BCUT2D eigenvalue weighted by Gasteiger charge is 2.02. The van der Waals surface area contributed by atoms with Gasteiger partial charge < -0.3 is 10.6 Å². The Bertz CT molecular complexity index is 603. The molecule has 6 heteroatoms.